The van der Waals surface area contributed by atoms with Gasteiger partial charge in [0.2, 0.25) is 5.91 Å². The van der Waals surface area contributed by atoms with E-state index in [2.05, 4.69) is 22.7 Å². The molecule has 2 N–H and O–H groups in total. The highest BCUT2D eigenvalue weighted by Crippen LogP contribution is 2.24. The predicted octanol–water partition coefficient (Wildman–Crippen LogP) is 3.36. The van der Waals surface area contributed by atoms with Crippen molar-refractivity contribution in [3.8, 4) is 16.9 Å². The number of nitrogens with one attached hydrogen (secondary N) is 2. The van der Waals surface area contributed by atoms with Gasteiger partial charge in [0.05, 0.1) is 17.8 Å². The van der Waals surface area contributed by atoms with Gasteiger partial charge >= 0.3 is 0 Å². The molecule has 0 bridgehead atoms. The lowest BCUT2D eigenvalue weighted by Gasteiger charge is -2.06. The normalized spacial score (nSPS) is 10.6. The third-order valence-electron chi connectivity index (χ3n) is 4.60. The van der Waals surface area contributed by atoms with E-state index in [0.717, 1.165) is 24.1 Å². The molecule has 0 unspecified atom stereocenters. The van der Waals surface area contributed by atoms with Crippen molar-refractivity contribution in [3.05, 3.63) is 71.9 Å². The highest BCUT2D eigenvalue weighted by molar-refractivity contribution is 6.01. The number of rotatable bonds is 8. The Hall–Kier alpha value is -3.41. The van der Waals surface area contributed by atoms with Gasteiger partial charge in [-0.15, -0.1) is 0 Å². The fourth-order valence-corrected chi connectivity index (χ4v) is 2.95. The Morgan fingerprint density at radius 1 is 0.966 bits per heavy atom. The Bertz CT molecular complexity index is 962. The monoisotopic (exact) mass is 390 g/mol. The number of carbonyl (C=O) groups is 2. The Labute approximate surface area is 170 Å². The lowest BCUT2D eigenvalue weighted by Crippen LogP contribution is -2.37. The van der Waals surface area contributed by atoms with Gasteiger partial charge in [-0.3, -0.25) is 9.59 Å². The molecule has 6 heteroatoms. The highest BCUT2D eigenvalue weighted by Gasteiger charge is 2.19. The lowest BCUT2D eigenvalue weighted by atomic mass is 10.0. The first-order chi connectivity index (χ1) is 14.1. The van der Waals surface area contributed by atoms with E-state index in [4.69, 9.17) is 0 Å². The van der Waals surface area contributed by atoms with Crippen molar-refractivity contribution >= 4 is 11.8 Å². The minimum atomic E-state index is -0.326. The van der Waals surface area contributed by atoms with Crippen LogP contribution in [0.2, 0.25) is 0 Å². The summed E-state index contributed by atoms with van der Waals surface area (Å²) in [6.07, 6.45) is 3.50. The van der Waals surface area contributed by atoms with Gasteiger partial charge in [-0.05, 0) is 30.5 Å². The molecule has 29 heavy (non-hydrogen) atoms. The fraction of sp³-hybridized carbons (Fsp3) is 0.261. The van der Waals surface area contributed by atoms with Gasteiger partial charge in [0, 0.05) is 18.3 Å². The van der Waals surface area contributed by atoms with E-state index in [1.165, 1.54) is 5.56 Å². The van der Waals surface area contributed by atoms with Crippen LogP contribution in [0.3, 0.4) is 0 Å². The molecule has 0 radical (unpaired) electrons. The molecule has 0 aliphatic heterocycles. The van der Waals surface area contributed by atoms with Gasteiger partial charge in [0.25, 0.3) is 5.91 Å². The van der Waals surface area contributed by atoms with Crippen LogP contribution in [0.4, 0.5) is 0 Å². The van der Waals surface area contributed by atoms with Crippen molar-refractivity contribution in [2.45, 2.75) is 26.7 Å². The average Bonchev–Trinajstić information content (AvgIpc) is 3.22. The summed E-state index contributed by atoms with van der Waals surface area (Å²) in [5.41, 5.74) is 3.95. The van der Waals surface area contributed by atoms with Crippen LogP contribution in [-0.4, -0.2) is 34.7 Å². The minimum absolute atomic E-state index is 0.0659. The van der Waals surface area contributed by atoms with Crippen molar-refractivity contribution in [2.24, 2.45) is 0 Å². The number of carbonyl (C=O) groups excluding carboxylic acids is 2. The van der Waals surface area contributed by atoms with Gasteiger partial charge in [-0.2, -0.15) is 5.10 Å². The second-order valence-corrected chi connectivity index (χ2v) is 6.75. The standard InChI is InChI=1S/C23H26N4O2/c1-3-14-24-21(28)15-25-23(29)20-16-27(19-8-6-5-7-9-19)26-22(20)18-12-10-17(4-2)11-13-18/h5-13,16H,3-4,14-15H2,1-2H3,(H,24,28)(H,25,29). The van der Waals surface area contributed by atoms with Gasteiger partial charge in [-0.25, -0.2) is 4.68 Å². The Morgan fingerprint density at radius 3 is 2.34 bits per heavy atom. The number of aryl methyl sites for hydroxylation is 1. The molecule has 0 saturated carbocycles. The van der Waals surface area contributed by atoms with Crippen LogP contribution in [0.5, 0.6) is 0 Å². The molecular weight excluding hydrogens is 364 g/mol. The van der Waals surface area contributed by atoms with Crippen LogP contribution >= 0.6 is 0 Å². The quantitative estimate of drug-likeness (QED) is 0.619. The van der Waals surface area contributed by atoms with E-state index in [1.54, 1.807) is 10.9 Å². The molecular formula is C23H26N4O2. The van der Waals surface area contributed by atoms with Gasteiger partial charge in [0.1, 0.15) is 5.69 Å². The van der Waals surface area contributed by atoms with Crippen LogP contribution in [-0.2, 0) is 11.2 Å². The van der Waals surface area contributed by atoms with Crippen molar-refractivity contribution in [3.63, 3.8) is 0 Å². The Balaban J connectivity index is 1.90. The largest absolute Gasteiger partial charge is 0.355 e. The first kappa shape index (κ1) is 20.3. The number of hydrogen-bond donors (Lipinski definition) is 2. The molecule has 3 rings (SSSR count). The summed E-state index contributed by atoms with van der Waals surface area (Å²) in [6, 6.07) is 17.7. The van der Waals surface area contributed by atoms with Crippen molar-refractivity contribution in [1.82, 2.24) is 20.4 Å². The summed E-state index contributed by atoms with van der Waals surface area (Å²) in [5.74, 6) is -0.530. The summed E-state index contributed by atoms with van der Waals surface area (Å²) >= 11 is 0. The van der Waals surface area contributed by atoms with Crippen LogP contribution in [0, 0.1) is 0 Å². The molecule has 150 valence electrons. The SMILES string of the molecule is CCCNC(=O)CNC(=O)c1cn(-c2ccccc2)nc1-c1ccc(CC)cc1. The molecule has 0 spiro atoms. The molecule has 1 heterocycles. The number of para-hydroxylation sites is 1. The fourth-order valence-electron chi connectivity index (χ4n) is 2.95. The van der Waals surface area contributed by atoms with E-state index < -0.39 is 0 Å². The molecule has 0 fully saturated rings. The summed E-state index contributed by atoms with van der Waals surface area (Å²) in [7, 11) is 0. The molecule has 0 atom stereocenters. The number of aromatic nitrogens is 2. The maximum absolute atomic E-state index is 12.8. The molecule has 6 nitrogen and oxygen atoms in total. The predicted molar refractivity (Wildman–Crippen MR) is 114 cm³/mol. The zero-order valence-corrected chi connectivity index (χ0v) is 16.8. The second kappa shape index (κ2) is 9.68. The van der Waals surface area contributed by atoms with Crippen LogP contribution in [0.25, 0.3) is 16.9 Å². The number of nitrogens with zero attached hydrogens (tertiary/aromatic N) is 2. The van der Waals surface area contributed by atoms with Gasteiger partial charge < -0.3 is 10.6 Å². The third-order valence-corrected chi connectivity index (χ3v) is 4.60. The Kier molecular flexibility index (Phi) is 6.79. The summed E-state index contributed by atoms with van der Waals surface area (Å²) in [5, 5.41) is 10.1. The summed E-state index contributed by atoms with van der Waals surface area (Å²) in [6.45, 7) is 4.60. The second-order valence-electron chi connectivity index (χ2n) is 6.75. The minimum Gasteiger partial charge on any atom is -0.355 e. The number of amides is 2. The van der Waals surface area contributed by atoms with E-state index >= 15 is 0 Å². The van der Waals surface area contributed by atoms with E-state index in [-0.39, 0.29) is 18.4 Å². The zero-order chi connectivity index (χ0) is 20.6. The van der Waals surface area contributed by atoms with Crippen molar-refractivity contribution < 1.29 is 9.59 Å². The zero-order valence-electron chi connectivity index (χ0n) is 16.8. The van der Waals surface area contributed by atoms with Crippen LogP contribution < -0.4 is 10.6 Å². The summed E-state index contributed by atoms with van der Waals surface area (Å²) in [4.78, 5) is 24.7. The van der Waals surface area contributed by atoms with Crippen LogP contribution in [0.15, 0.2) is 60.8 Å². The molecule has 0 saturated heterocycles. The third kappa shape index (κ3) is 5.10. The topological polar surface area (TPSA) is 76.0 Å². The van der Waals surface area contributed by atoms with E-state index in [9.17, 15) is 9.59 Å². The maximum Gasteiger partial charge on any atom is 0.255 e. The maximum atomic E-state index is 12.8. The molecule has 1 aromatic heterocycles. The lowest BCUT2D eigenvalue weighted by molar-refractivity contribution is -0.120. The molecule has 2 aromatic carbocycles. The average molecular weight is 390 g/mol. The molecule has 0 aliphatic rings. The van der Waals surface area contributed by atoms with E-state index in [0.29, 0.717) is 17.8 Å². The summed E-state index contributed by atoms with van der Waals surface area (Å²) < 4.78 is 1.69. The highest BCUT2D eigenvalue weighted by atomic mass is 16.2. The smallest absolute Gasteiger partial charge is 0.255 e. The Morgan fingerprint density at radius 2 is 1.69 bits per heavy atom. The molecule has 3 aromatic rings. The van der Waals surface area contributed by atoms with Crippen molar-refractivity contribution in [2.75, 3.05) is 13.1 Å². The number of hydrogen-bond acceptors (Lipinski definition) is 3. The first-order valence-corrected chi connectivity index (χ1v) is 9.91. The van der Waals surface area contributed by atoms with Gasteiger partial charge in [0.15, 0.2) is 0 Å². The molecule has 2 amide bonds. The van der Waals surface area contributed by atoms with E-state index in [1.807, 2.05) is 61.5 Å². The van der Waals surface area contributed by atoms with Crippen LogP contribution in [0.1, 0.15) is 36.2 Å². The van der Waals surface area contributed by atoms with Gasteiger partial charge in [-0.1, -0.05) is 56.3 Å². The first-order valence-electron chi connectivity index (χ1n) is 9.91. The number of benzene rings is 2. The van der Waals surface area contributed by atoms with Crippen molar-refractivity contribution in [1.29, 1.82) is 0 Å². The molecule has 0 aliphatic carbocycles.